The molecule has 1 aliphatic rings. The van der Waals surface area contributed by atoms with Gasteiger partial charge in [-0.1, -0.05) is 11.8 Å². The molecule has 3 amide bonds. The first-order valence-electron chi connectivity index (χ1n) is 10.6. The Morgan fingerprint density at radius 2 is 2.00 bits per heavy atom. The summed E-state index contributed by atoms with van der Waals surface area (Å²) in [5.74, 6) is 5.36. The van der Waals surface area contributed by atoms with Gasteiger partial charge in [-0.05, 0) is 51.8 Å². The normalized spacial score (nSPS) is 16.3. The van der Waals surface area contributed by atoms with Gasteiger partial charge in [-0.2, -0.15) is 0 Å². The molecule has 32 heavy (non-hydrogen) atoms. The molecule has 1 unspecified atom stereocenters. The van der Waals surface area contributed by atoms with Gasteiger partial charge in [-0.25, -0.2) is 9.59 Å². The van der Waals surface area contributed by atoms with Crippen LogP contribution in [0.1, 0.15) is 58.1 Å². The van der Waals surface area contributed by atoms with E-state index in [2.05, 4.69) is 22.5 Å². The summed E-state index contributed by atoms with van der Waals surface area (Å²) in [4.78, 5) is 48.1. The fourth-order valence-corrected chi connectivity index (χ4v) is 3.52. The molecule has 2 heterocycles. The number of unbranched alkanes of at least 4 members (excludes halogenated alkanes) is 1. The van der Waals surface area contributed by atoms with Crippen molar-refractivity contribution in [3.63, 3.8) is 0 Å². The minimum atomic E-state index is -0.710. The first-order valence-corrected chi connectivity index (χ1v) is 10.6. The van der Waals surface area contributed by atoms with Crippen molar-refractivity contribution in [2.75, 3.05) is 6.54 Å². The number of piperidine rings is 1. The summed E-state index contributed by atoms with van der Waals surface area (Å²) in [6.45, 7) is 5.89. The van der Waals surface area contributed by atoms with Crippen LogP contribution in [0.25, 0.3) is 11.0 Å². The summed E-state index contributed by atoms with van der Waals surface area (Å²) >= 11 is 0. The number of ether oxygens (including phenoxy) is 1. The Balaban J connectivity index is 1.66. The number of benzene rings is 1. The maximum atomic E-state index is 12.8. The SMILES string of the molecule is Cn1c(=O)n(C2CCC(=O)NC2=O)c2ccc(C#CCCCNC(=O)OC(C)(C)C)cc21. The molecule has 3 rings (SSSR count). The average Bonchev–Trinajstić information content (AvgIpc) is 2.94. The molecule has 0 aliphatic carbocycles. The van der Waals surface area contributed by atoms with E-state index in [1.165, 1.54) is 9.13 Å². The summed E-state index contributed by atoms with van der Waals surface area (Å²) in [6, 6.07) is 4.67. The number of fused-ring (bicyclic) bond motifs is 1. The minimum Gasteiger partial charge on any atom is -0.444 e. The van der Waals surface area contributed by atoms with Crippen LogP contribution >= 0.6 is 0 Å². The zero-order valence-electron chi connectivity index (χ0n) is 18.8. The maximum absolute atomic E-state index is 12.8. The summed E-state index contributed by atoms with van der Waals surface area (Å²) in [7, 11) is 1.65. The van der Waals surface area contributed by atoms with E-state index in [-0.39, 0.29) is 18.0 Å². The lowest BCUT2D eigenvalue weighted by atomic mass is 10.1. The summed E-state index contributed by atoms with van der Waals surface area (Å²) in [5.41, 5.74) is 1.19. The van der Waals surface area contributed by atoms with Gasteiger partial charge in [0.05, 0.1) is 11.0 Å². The summed E-state index contributed by atoms with van der Waals surface area (Å²) in [6.07, 6.45) is 1.31. The van der Waals surface area contributed by atoms with E-state index in [1.54, 1.807) is 19.2 Å². The first kappa shape index (κ1) is 23.1. The monoisotopic (exact) mass is 440 g/mol. The van der Waals surface area contributed by atoms with E-state index in [4.69, 9.17) is 4.74 Å². The molecule has 0 spiro atoms. The molecule has 1 fully saturated rings. The highest BCUT2D eigenvalue weighted by atomic mass is 16.6. The van der Waals surface area contributed by atoms with Crippen LogP contribution in [0.3, 0.4) is 0 Å². The van der Waals surface area contributed by atoms with Gasteiger partial charge in [0.15, 0.2) is 0 Å². The molecule has 1 aromatic carbocycles. The summed E-state index contributed by atoms with van der Waals surface area (Å²) in [5, 5.41) is 4.99. The number of carbonyl (C=O) groups excluding carboxylic acids is 3. The maximum Gasteiger partial charge on any atom is 0.407 e. The fraction of sp³-hybridized carbons (Fsp3) is 0.478. The van der Waals surface area contributed by atoms with Crippen LogP contribution in [0, 0.1) is 11.8 Å². The predicted molar refractivity (Wildman–Crippen MR) is 119 cm³/mol. The highest BCUT2D eigenvalue weighted by Gasteiger charge is 2.31. The van der Waals surface area contributed by atoms with Gasteiger partial charge < -0.3 is 10.1 Å². The van der Waals surface area contributed by atoms with Crippen molar-refractivity contribution in [2.45, 2.75) is 58.1 Å². The number of aromatic nitrogens is 2. The minimum absolute atomic E-state index is 0.200. The lowest BCUT2D eigenvalue weighted by Crippen LogP contribution is -2.44. The largest absolute Gasteiger partial charge is 0.444 e. The smallest absolute Gasteiger partial charge is 0.407 e. The lowest BCUT2D eigenvalue weighted by Gasteiger charge is -2.21. The third-order valence-corrected chi connectivity index (χ3v) is 4.99. The van der Waals surface area contributed by atoms with E-state index < -0.39 is 23.6 Å². The molecule has 0 bridgehead atoms. The number of alkyl carbamates (subject to hydrolysis) is 1. The van der Waals surface area contributed by atoms with Crippen molar-refractivity contribution >= 4 is 28.9 Å². The second-order valence-electron chi connectivity index (χ2n) is 8.72. The van der Waals surface area contributed by atoms with Crippen molar-refractivity contribution in [3.8, 4) is 11.8 Å². The quantitative estimate of drug-likeness (QED) is 0.429. The molecule has 9 heteroatoms. The standard InChI is InChI=1S/C23H28N4O5/c1-23(2,3)32-21(30)24-13-7-5-6-8-15-9-10-16-18(14-15)26(4)22(31)27(16)17-11-12-19(28)25-20(17)29/h9-10,14,17H,5,7,11-13H2,1-4H3,(H,24,30)(H,25,28,29). The molecule has 1 atom stereocenters. The van der Waals surface area contributed by atoms with E-state index in [0.29, 0.717) is 36.8 Å². The van der Waals surface area contributed by atoms with Gasteiger partial charge in [0.25, 0.3) is 0 Å². The van der Waals surface area contributed by atoms with Crippen LogP contribution < -0.4 is 16.3 Å². The molecule has 1 aliphatic heterocycles. The first-order chi connectivity index (χ1) is 15.1. The number of nitrogens with zero attached hydrogens (tertiary/aromatic N) is 2. The molecular weight excluding hydrogens is 412 g/mol. The third-order valence-electron chi connectivity index (χ3n) is 4.99. The van der Waals surface area contributed by atoms with Gasteiger partial charge >= 0.3 is 11.8 Å². The second kappa shape index (κ2) is 9.30. The van der Waals surface area contributed by atoms with Gasteiger partial charge in [0, 0.05) is 32.0 Å². The lowest BCUT2D eigenvalue weighted by molar-refractivity contribution is -0.135. The zero-order chi connectivity index (χ0) is 23.5. The van der Waals surface area contributed by atoms with Crippen molar-refractivity contribution in [2.24, 2.45) is 7.05 Å². The number of aryl methyl sites for hydroxylation is 1. The van der Waals surface area contributed by atoms with Crippen LogP contribution in [-0.2, 0) is 21.4 Å². The van der Waals surface area contributed by atoms with Crippen LogP contribution in [0.4, 0.5) is 4.79 Å². The van der Waals surface area contributed by atoms with Gasteiger partial charge in [0.2, 0.25) is 11.8 Å². The van der Waals surface area contributed by atoms with Crippen molar-refractivity contribution in [1.29, 1.82) is 0 Å². The van der Waals surface area contributed by atoms with Crippen molar-refractivity contribution < 1.29 is 19.1 Å². The number of hydrogen-bond acceptors (Lipinski definition) is 5. The number of amides is 3. The summed E-state index contributed by atoms with van der Waals surface area (Å²) < 4.78 is 8.10. The molecule has 1 saturated heterocycles. The Morgan fingerprint density at radius 1 is 1.25 bits per heavy atom. The Bertz CT molecular complexity index is 1170. The molecule has 9 nitrogen and oxygen atoms in total. The van der Waals surface area contributed by atoms with Crippen molar-refractivity contribution in [1.82, 2.24) is 19.8 Å². The van der Waals surface area contributed by atoms with E-state index in [9.17, 15) is 19.2 Å². The topological polar surface area (TPSA) is 111 Å². The Labute approximate surface area is 186 Å². The number of rotatable bonds is 4. The van der Waals surface area contributed by atoms with Crippen LogP contribution in [0.2, 0.25) is 0 Å². The zero-order valence-corrected chi connectivity index (χ0v) is 18.8. The number of carbonyl (C=O) groups is 3. The van der Waals surface area contributed by atoms with E-state index in [1.807, 2.05) is 26.8 Å². The number of imide groups is 1. The highest BCUT2D eigenvalue weighted by molar-refractivity contribution is 6.00. The fourth-order valence-electron chi connectivity index (χ4n) is 3.52. The Kier molecular flexibility index (Phi) is 6.72. The molecule has 2 aromatic rings. The second-order valence-corrected chi connectivity index (χ2v) is 8.72. The van der Waals surface area contributed by atoms with Crippen molar-refractivity contribution in [3.05, 3.63) is 34.2 Å². The van der Waals surface area contributed by atoms with Gasteiger partial charge in [0.1, 0.15) is 11.6 Å². The number of nitrogens with one attached hydrogen (secondary N) is 2. The molecular formula is C23H28N4O5. The number of imidazole rings is 1. The third kappa shape index (κ3) is 5.38. The molecule has 1 aromatic heterocycles. The highest BCUT2D eigenvalue weighted by Crippen LogP contribution is 2.23. The molecule has 170 valence electrons. The average molecular weight is 441 g/mol. The number of hydrogen-bond donors (Lipinski definition) is 2. The van der Waals surface area contributed by atoms with Gasteiger partial charge in [-0.15, -0.1) is 0 Å². The van der Waals surface area contributed by atoms with Crippen LogP contribution in [0.15, 0.2) is 23.0 Å². The van der Waals surface area contributed by atoms with Crippen LogP contribution in [0.5, 0.6) is 0 Å². The van der Waals surface area contributed by atoms with E-state index >= 15 is 0 Å². The predicted octanol–water partition coefficient (Wildman–Crippen LogP) is 1.97. The Hall–Kier alpha value is -3.54. The Morgan fingerprint density at radius 3 is 2.69 bits per heavy atom. The van der Waals surface area contributed by atoms with E-state index in [0.717, 1.165) is 5.56 Å². The molecule has 0 radical (unpaired) electrons. The van der Waals surface area contributed by atoms with Gasteiger partial charge in [-0.3, -0.25) is 24.0 Å². The molecule has 0 saturated carbocycles. The molecule has 2 N–H and O–H groups in total. The van der Waals surface area contributed by atoms with Crippen LogP contribution in [-0.4, -0.2) is 39.2 Å².